The van der Waals surface area contributed by atoms with Crippen LogP contribution in [0.15, 0.2) is 22.7 Å². The first kappa shape index (κ1) is 20.1. The third-order valence-corrected chi connectivity index (χ3v) is 7.46. The van der Waals surface area contributed by atoms with Crippen molar-refractivity contribution in [1.82, 2.24) is 19.9 Å². The lowest BCUT2D eigenvalue weighted by Crippen LogP contribution is -2.40. The summed E-state index contributed by atoms with van der Waals surface area (Å²) < 4.78 is 9.55. The molecule has 1 aliphatic heterocycles. The Morgan fingerprint density at radius 2 is 2.14 bits per heavy atom. The van der Waals surface area contributed by atoms with E-state index in [0.29, 0.717) is 13.2 Å². The molecule has 10 heteroatoms. The summed E-state index contributed by atoms with van der Waals surface area (Å²) >= 11 is 6.46. The predicted molar refractivity (Wildman–Crippen MR) is 114 cm³/mol. The second-order valence-electron chi connectivity index (χ2n) is 6.75. The Kier molecular flexibility index (Phi) is 6.52. The summed E-state index contributed by atoms with van der Waals surface area (Å²) in [6, 6.07) is 6.17. The number of thiazole rings is 1. The van der Waals surface area contributed by atoms with Crippen LogP contribution in [0.1, 0.15) is 23.1 Å². The van der Waals surface area contributed by atoms with Crippen molar-refractivity contribution in [3.05, 3.63) is 27.7 Å². The van der Waals surface area contributed by atoms with Crippen molar-refractivity contribution in [2.75, 3.05) is 32.8 Å². The van der Waals surface area contributed by atoms with Crippen LogP contribution in [-0.4, -0.2) is 60.0 Å². The first-order valence-electron chi connectivity index (χ1n) is 9.21. The highest BCUT2D eigenvalue weighted by atomic mass is 79.9. The normalized spacial score (nSPS) is 18.8. The van der Waals surface area contributed by atoms with Gasteiger partial charge in [-0.15, -0.1) is 11.3 Å². The van der Waals surface area contributed by atoms with Crippen molar-refractivity contribution in [3.8, 4) is 0 Å². The van der Waals surface area contributed by atoms with Crippen LogP contribution in [0, 0.1) is 0 Å². The number of aromatic nitrogens is 1. The maximum atomic E-state index is 13.0. The molecule has 2 heterocycles. The molecule has 0 bridgehead atoms. The number of carbonyl (C=O) groups excluding carboxylic acids is 2. The molecule has 2 aliphatic rings. The number of ether oxygens (including phenoxy) is 1. The molecule has 1 saturated carbocycles. The molecule has 7 nitrogen and oxygen atoms in total. The number of halogens is 1. The van der Waals surface area contributed by atoms with Crippen molar-refractivity contribution in [1.29, 1.82) is 0 Å². The molecule has 0 radical (unpaired) electrons. The van der Waals surface area contributed by atoms with Crippen LogP contribution in [-0.2, 0) is 14.3 Å². The van der Waals surface area contributed by atoms with Gasteiger partial charge >= 0.3 is 0 Å². The van der Waals surface area contributed by atoms with Crippen LogP contribution in [0.5, 0.6) is 0 Å². The second-order valence-corrected chi connectivity index (χ2v) is 9.93. The predicted octanol–water partition coefficient (Wildman–Crippen LogP) is 2.48. The topological polar surface area (TPSA) is 83.6 Å². The number of nitrogens with zero attached hydrogens (tertiary/aromatic N) is 2. The van der Waals surface area contributed by atoms with Crippen molar-refractivity contribution in [3.63, 3.8) is 0 Å². The zero-order valence-electron chi connectivity index (χ0n) is 15.2. The van der Waals surface area contributed by atoms with Crippen LogP contribution in [0.2, 0.25) is 0 Å². The third-order valence-electron chi connectivity index (χ3n) is 4.42. The van der Waals surface area contributed by atoms with E-state index >= 15 is 0 Å². The Hall–Kier alpha value is -1.20. The monoisotopic (exact) mass is 484 g/mol. The van der Waals surface area contributed by atoms with Gasteiger partial charge in [-0.3, -0.25) is 9.59 Å². The van der Waals surface area contributed by atoms with E-state index in [0.717, 1.165) is 45.6 Å². The lowest BCUT2D eigenvalue weighted by Gasteiger charge is -2.28. The molecule has 1 saturated heterocycles. The highest BCUT2D eigenvalue weighted by Crippen LogP contribution is 2.37. The highest BCUT2D eigenvalue weighted by molar-refractivity contribution is 9.10. The summed E-state index contributed by atoms with van der Waals surface area (Å²) in [6.07, 6.45) is 2.05. The SMILES string of the molecule is O=C(CNC(=O)C(SN1CCOCC1)c1nc2ccc(Br)cc2s1)NC1CC1. The number of amides is 2. The van der Waals surface area contributed by atoms with Gasteiger partial charge in [0.15, 0.2) is 0 Å². The average Bonchev–Trinajstić information content (AvgIpc) is 3.41. The fourth-order valence-electron chi connectivity index (χ4n) is 2.80. The number of hydrogen-bond donors (Lipinski definition) is 2. The molecule has 150 valence electrons. The number of morpholine rings is 1. The van der Waals surface area contributed by atoms with Crippen molar-refractivity contribution < 1.29 is 14.3 Å². The summed E-state index contributed by atoms with van der Waals surface area (Å²) in [6.45, 7) is 2.81. The zero-order valence-corrected chi connectivity index (χ0v) is 18.4. The lowest BCUT2D eigenvalue weighted by molar-refractivity contribution is -0.126. The minimum atomic E-state index is -0.497. The molecule has 2 aromatic rings. The van der Waals surface area contributed by atoms with Crippen molar-refractivity contribution in [2.24, 2.45) is 0 Å². The molecule has 1 aliphatic carbocycles. The fraction of sp³-hybridized carbons (Fsp3) is 0.500. The molecule has 1 aromatic carbocycles. The lowest BCUT2D eigenvalue weighted by atomic mass is 10.3. The number of fused-ring (bicyclic) bond motifs is 1. The number of carbonyl (C=O) groups is 2. The van der Waals surface area contributed by atoms with Crippen LogP contribution < -0.4 is 10.6 Å². The number of rotatable bonds is 7. The first-order valence-corrected chi connectivity index (χ1v) is 11.7. The van der Waals surface area contributed by atoms with E-state index in [4.69, 9.17) is 4.74 Å². The van der Waals surface area contributed by atoms with Crippen molar-refractivity contribution in [2.45, 2.75) is 24.1 Å². The van der Waals surface area contributed by atoms with Crippen LogP contribution in [0.4, 0.5) is 0 Å². The Labute approximate surface area is 179 Å². The second kappa shape index (κ2) is 9.08. The maximum absolute atomic E-state index is 13.0. The van der Waals surface area contributed by atoms with E-state index in [9.17, 15) is 9.59 Å². The average molecular weight is 485 g/mol. The number of hydrogen-bond acceptors (Lipinski definition) is 7. The van der Waals surface area contributed by atoms with Gasteiger partial charge in [-0.1, -0.05) is 27.9 Å². The molecular formula is C18H21BrN4O3S2. The standard InChI is InChI=1S/C18H21BrN4O3S2/c19-11-1-4-13-14(9-11)27-18(22-13)16(28-23-5-7-26-8-6-23)17(25)20-10-15(24)21-12-2-3-12/h1,4,9,12,16H,2-3,5-8,10H2,(H,20,25)(H,21,24). The van der Waals surface area contributed by atoms with Gasteiger partial charge < -0.3 is 15.4 Å². The van der Waals surface area contributed by atoms with Gasteiger partial charge in [-0.05, 0) is 31.0 Å². The van der Waals surface area contributed by atoms with Gasteiger partial charge in [-0.25, -0.2) is 9.29 Å². The molecule has 28 heavy (non-hydrogen) atoms. The molecule has 2 fully saturated rings. The van der Waals surface area contributed by atoms with E-state index in [1.54, 1.807) is 0 Å². The number of nitrogens with one attached hydrogen (secondary N) is 2. The molecule has 1 unspecified atom stereocenters. The van der Waals surface area contributed by atoms with E-state index in [-0.39, 0.29) is 24.4 Å². The Morgan fingerprint density at radius 3 is 2.89 bits per heavy atom. The summed E-state index contributed by atoms with van der Waals surface area (Å²) in [4.78, 5) is 29.6. The molecule has 0 spiro atoms. The van der Waals surface area contributed by atoms with Crippen molar-refractivity contribution >= 4 is 61.2 Å². The summed E-state index contributed by atoms with van der Waals surface area (Å²) in [5.74, 6) is -0.334. The Bertz CT molecular complexity index is 868. The van der Waals surface area contributed by atoms with E-state index < -0.39 is 5.25 Å². The molecule has 1 aromatic heterocycles. The third kappa shape index (κ3) is 5.24. The van der Waals surface area contributed by atoms with Gasteiger partial charge in [0.1, 0.15) is 10.3 Å². The van der Waals surface area contributed by atoms with Crippen LogP contribution in [0.3, 0.4) is 0 Å². The first-order chi connectivity index (χ1) is 13.6. The minimum absolute atomic E-state index is 0.00799. The van der Waals surface area contributed by atoms with Gasteiger partial charge in [0.05, 0.1) is 30.0 Å². The van der Waals surface area contributed by atoms with Gasteiger partial charge in [0.25, 0.3) is 0 Å². The molecule has 1 atom stereocenters. The fourth-order valence-corrected chi connectivity index (χ4v) is 5.55. The number of benzene rings is 1. The molecule has 2 amide bonds. The summed E-state index contributed by atoms with van der Waals surface area (Å²) in [7, 11) is 0. The maximum Gasteiger partial charge on any atom is 0.241 e. The van der Waals surface area contributed by atoms with Crippen LogP contribution in [0.25, 0.3) is 10.2 Å². The van der Waals surface area contributed by atoms with Gasteiger partial charge in [0, 0.05) is 23.6 Å². The van der Waals surface area contributed by atoms with Gasteiger partial charge in [0.2, 0.25) is 11.8 Å². The summed E-state index contributed by atoms with van der Waals surface area (Å²) in [5, 5.41) is 5.92. The summed E-state index contributed by atoms with van der Waals surface area (Å²) in [5.41, 5.74) is 0.870. The van der Waals surface area contributed by atoms with Crippen LogP contribution >= 0.6 is 39.2 Å². The Balaban J connectivity index is 1.49. The highest BCUT2D eigenvalue weighted by Gasteiger charge is 2.30. The van der Waals surface area contributed by atoms with E-state index in [1.165, 1.54) is 23.3 Å². The minimum Gasteiger partial charge on any atom is -0.379 e. The molecule has 4 rings (SSSR count). The quantitative estimate of drug-likeness (QED) is 0.587. The molecular weight excluding hydrogens is 464 g/mol. The van der Waals surface area contributed by atoms with Gasteiger partial charge in [-0.2, -0.15) is 0 Å². The molecule has 2 N–H and O–H groups in total. The van der Waals surface area contributed by atoms with E-state index in [1.807, 2.05) is 18.2 Å². The largest absolute Gasteiger partial charge is 0.379 e. The zero-order chi connectivity index (χ0) is 19.5. The smallest absolute Gasteiger partial charge is 0.241 e. The Morgan fingerprint density at radius 1 is 1.36 bits per heavy atom. The van der Waals surface area contributed by atoms with E-state index in [2.05, 4.69) is 35.9 Å².